The van der Waals surface area contributed by atoms with Gasteiger partial charge in [-0.25, -0.2) is 13.2 Å². The van der Waals surface area contributed by atoms with Crippen molar-refractivity contribution < 1.29 is 13.2 Å². The fourth-order valence-electron chi connectivity index (χ4n) is 1.90. The normalized spacial score (nSPS) is 10.5. The summed E-state index contributed by atoms with van der Waals surface area (Å²) in [4.78, 5) is 0. The second-order valence-electron chi connectivity index (χ2n) is 4.36. The monoisotopic (exact) mass is 262 g/mol. The molecule has 0 saturated heterocycles. The van der Waals surface area contributed by atoms with Crippen LogP contribution >= 0.6 is 0 Å². The smallest absolute Gasteiger partial charge is 0.166 e. The number of hydrogen-bond acceptors (Lipinski definition) is 0. The Kier molecular flexibility index (Phi) is 3.74. The van der Waals surface area contributed by atoms with E-state index in [1.807, 2.05) is 0 Å². The summed E-state index contributed by atoms with van der Waals surface area (Å²) >= 11 is 0. The van der Waals surface area contributed by atoms with Gasteiger partial charge >= 0.3 is 0 Å². The first-order chi connectivity index (χ1) is 9.04. The zero-order valence-corrected chi connectivity index (χ0v) is 10.5. The summed E-state index contributed by atoms with van der Waals surface area (Å²) in [5.74, 6) is -2.29. The molecule has 0 aliphatic carbocycles. The molecule has 2 rings (SSSR count). The molecule has 3 heteroatoms. The molecule has 0 N–H and O–H groups in total. The number of halogens is 3. The molecule has 0 radical (unpaired) electrons. The van der Waals surface area contributed by atoms with E-state index in [0.29, 0.717) is 17.5 Å². The topological polar surface area (TPSA) is 0 Å². The van der Waals surface area contributed by atoms with Crippen LogP contribution in [0, 0.1) is 24.4 Å². The van der Waals surface area contributed by atoms with Crippen LogP contribution in [0.3, 0.4) is 0 Å². The Hall–Kier alpha value is -2.03. The molecular formula is C16H13F3. The predicted molar refractivity (Wildman–Crippen MR) is 70.4 cm³/mol. The lowest BCUT2D eigenvalue weighted by molar-refractivity contribution is 0.505. The Bertz CT molecular complexity index is 630. The molecule has 98 valence electrons. The van der Waals surface area contributed by atoms with Gasteiger partial charge in [-0.2, -0.15) is 0 Å². The van der Waals surface area contributed by atoms with Crippen LogP contribution < -0.4 is 0 Å². The molecule has 0 amide bonds. The van der Waals surface area contributed by atoms with E-state index >= 15 is 0 Å². The first-order valence-electron chi connectivity index (χ1n) is 5.89. The van der Waals surface area contributed by atoms with Crippen LogP contribution in [0.1, 0.15) is 11.1 Å². The Morgan fingerprint density at radius 2 is 1.79 bits per heavy atom. The number of benzene rings is 2. The van der Waals surface area contributed by atoms with E-state index in [-0.39, 0.29) is 11.1 Å². The van der Waals surface area contributed by atoms with Gasteiger partial charge in [0.25, 0.3) is 0 Å². The first-order valence-corrected chi connectivity index (χ1v) is 5.89. The number of allylic oxidation sites excluding steroid dienone is 1. The molecule has 0 spiro atoms. The second kappa shape index (κ2) is 5.31. The van der Waals surface area contributed by atoms with Crippen LogP contribution in [0.4, 0.5) is 13.2 Å². The van der Waals surface area contributed by atoms with E-state index in [4.69, 9.17) is 0 Å². The standard InChI is InChI=1S/C16H13F3/c1-3-4-11-6-7-12(9-14(11)17)13-8-5-10(2)15(18)16(13)19/h3,5-9H,1,4H2,2H3. The van der Waals surface area contributed by atoms with Crippen molar-refractivity contribution in [3.8, 4) is 11.1 Å². The minimum absolute atomic E-state index is 0.0622. The van der Waals surface area contributed by atoms with Crippen molar-refractivity contribution in [1.29, 1.82) is 0 Å². The molecule has 0 aliphatic heterocycles. The van der Waals surface area contributed by atoms with Crippen molar-refractivity contribution in [2.24, 2.45) is 0 Å². The van der Waals surface area contributed by atoms with Gasteiger partial charge in [0.1, 0.15) is 5.82 Å². The van der Waals surface area contributed by atoms with Crippen molar-refractivity contribution in [1.82, 2.24) is 0 Å². The van der Waals surface area contributed by atoms with Gasteiger partial charge in [0, 0.05) is 5.56 Å². The molecule has 0 saturated carbocycles. The van der Waals surface area contributed by atoms with E-state index in [2.05, 4.69) is 6.58 Å². The Morgan fingerprint density at radius 1 is 1.05 bits per heavy atom. The summed E-state index contributed by atoms with van der Waals surface area (Å²) in [6, 6.07) is 7.28. The predicted octanol–water partition coefficient (Wildman–Crippen LogP) is 4.81. The summed E-state index contributed by atoms with van der Waals surface area (Å²) in [6.07, 6.45) is 1.99. The number of aryl methyl sites for hydroxylation is 1. The minimum Gasteiger partial charge on any atom is -0.207 e. The van der Waals surface area contributed by atoms with Crippen molar-refractivity contribution in [3.63, 3.8) is 0 Å². The molecule has 0 aliphatic rings. The molecule has 2 aromatic carbocycles. The highest BCUT2D eigenvalue weighted by Gasteiger charge is 2.13. The van der Waals surface area contributed by atoms with E-state index in [0.717, 1.165) is 0 Å². The molecule has 0 unspecified atom stereocenters. The summed E-state index contributed by atoms with van der Waals surface area (Å²) < 4.78 is 41.1. The summed E-state index contributed by atoms with van der Waals surface area (Å²) in [5.41, 5.74) is 1.09. The van der Waals surface area contributed by atoms with Gasteiger partial charge in [-0.1, -0.05) is 30.3 Å². The Balaban J connectivity index is 2.51. The van der Waals surface area contributed by atoms with Crippen LogP contribution in [0.2, 0.25) is 0 Å². The van der Waals surface area contributed by atoms with Gasteiger partial charge in [0.05, 0.1) is 0 Å². The third-order valence-corrected chi connectivity index (χ3v) is 3.00. The summed E-state index contributed by atoms with van der Waals surface area (Å²) in [6.45, 7) is 5.02. The Morgan fingerprint density at radius 3 is 2.42 bits per heavy atom. The molecule has 19 heavy (non-hydrogen) atoms. The Labute approximate surface area is 110 Å². The van der Waals surface area contributed by atoms with Crippen LogP contribution in [0.5, 0.6) is 0 Å². The van der Waals surface area contributed by atoms with Gasteiger partial charge in [-0.15, -0.1) is 6.58 Å². The minimum atomic E-state index is -0.948. The maximum atomic E-state index is 13.8. The van der Waals surface area contributed by atoms with Crippen molar-refractivity contribution >= 4 is 0 Å². The SMILES string of the molecule is C=CCc1ccc(-c2ccc(C)c(F)c2F)cc1F. The van der Waals surface area contributed by atoms with E-state index < -0.39 is 17.5 Å². The van der Waals surface area contributed by atoms with Crippen molar-refractivity contribution in [3.05, 3.63) is 71.6 Å². The van der Waals surface area contributed by atoms with Crippen LogP contribution in [0.25, 0.3) is 11.1 Å². The lowest BCUT2D eigenvalue weighted by Gasteiger charge is -2.08. The lowest BCUT2D eigenvalue weighted by atomic mass is 10.0. The van der Waals surface area contributed by atoms with Gasteiger partial charge in [0.15, 0.2) is 11.6 Å². The van der Waals surface area contributed by atoms with E-state index in [1.54, 1.807) is 18.2 Å². The summed E-state index contributed by atoms with van der Waals surface area (Å²) in [7, 11) is 0. The average Bonchev–Trinajstić information content (AvgIpc) is 2.39. The fraction of sp³-hybridized carbons (Fsp3) is 0.125. The molecular weight excluding hydrogens is 249 g/mol. The van der Waals surface area contributed by atoms with Crippen LogP contribution in [-0.2, 0) is 6.42 Å². The molecule has 0 heterocycles. The third-order valence-electron chi connectivity index (χ3n) is 3.00. The van der Waals surface area contributed by atoms with E-state index in [1.165, 1.54) is 25.1 Å². The van der Waals surface area contributed by atoms with E-state index in [9.17, 15) is 13.2 Å². The van der Waals surface area contributed by atoms with Crippen LogP contribution in [0.15, 0.2) is 43.0 Å². The highest BCUT2D eigenvalue weighted by atomic mass is 19.2. The van der Waals surface area contributed by atoms with Gasteiger partial charge in [-0.3, -0.25) is 0 Å². The third kappa shape index (κ3) is 2.55. The fourth-order valence-corrected chi connectivity index (χ4v) is 1.90. The first kappa shape index (κ1) is 13.4. The lowest BCUT2D eigenvalue weighted by Crippen LogP contribution is -1.95. The average molecular weight is 262 g/mol. The molecule has 0 aromatic heterocycles. The number of hydrogen-bond donors (Lipinski definition) is 0. The highest BCUT2D eigenvalue weighted by molar-refractivity contribution is 5.65. The highest BCUT2D eigenvalue weighted by Crippen LogP contribution is 2.27. The van der Waals surface area contributed by atoms with Gasteiger partial charge < -0.3 is 0 Å². The maximum Gasteiger partial charge on any atom is 0.166 e. The van der Waals surface area contributed by atoms with Crippen LogP contribution in [-0.4, -0.2) is 0 Å². The van der Waals surface area contributed by atoms with Gasteiger partial charge in [-0.05, 0) is 36.1 Å². The molecule has 2 aromatic rings. The molecule has 0 fully saturated rings. The van der Waals surface area contributed by atoms with Crippen molar-refractivity contribution in [2.45, 2.75) is 13.3 Å². The quantitative estimate of drug-likeness (QED) is 0.696. The zero-order chi connectivity index (χ0) is 14.0. The molecule has 0 nitrogen and oxygen atoms in total. The maximum absolute atomic E-state index is 13.8. The zero-order valence-electron chi connectivity index (χ0n) is 10.5. The van der Waals surface area contributed by atoms with Gasteiger partial charge in [0.2, 0.25) is 0 Å². The van der Waals surface area contributed by atoms with Crippen molar-refractivity contribution in [2.75, 3.05) is 0 Å². The molecule has 0 atom stereocenters. The summed E-state index contributed by atoms with van der Waals surface area (Å²) in [5, 5.41) is 0. The molecule has 0 bridgehead atoms. The largest absolute Gasteiger partial charge is 0.207 e. The number of rotatable bonds is 3. The second-order valence-corrected chi connectivity index (χ2v) is 4.36.